The molecule has 0 aromatic heterocycles. The zero-order chi connectivity index (χ0) is 17.4. The van der Waals surface area contributed by atoms with E-state index >= 15 is 0 Å². The maximum atomic E-state index is 5.24. The largest absolute Gasteiger partial charge is 0.497 e. The van der Waals surface area contributed by atoms with Gasteiger partial charge >= 0.3 is 0 Å². The van der Waals surface area contributed by atoms with Crippen molar-refractivity contribution in [1.82, 2.24) is 10.6 Å². The van der Waals surface area contributed by atoms with Gasteiger partial charge in [0.25, 0.3) is 0 Å². The first-order chi connectivity index (χ1) is 10.8. The minimum atomic E-state index is 0. The molecule has 0 fully saturated rings. The molecule has 0 saturated carbocycles. The van der Waals surface area contributed by atoms with E-state index in [0.717, 1.165) is 22.8 Å². The number of methoxy groups -OCH3 is 1. The van der Waals surface area contributed by atoms with E-state index in [4.69, 9.17) is 4.74 Å². The lowest BCUT2D eigenvalue weighted by atomic mass is 10.1. The monoisotopic (exact) mass is 397 g/mol. The standard InChI is InChI=1S/C19H31N3O.BrH/c1-13(2)20-18(16-8-10-17(23-7)11-9-16)12-19(21-14(3)4)22-15(5)6;/h8-15,20H,1-7H3,(H,21,22);1H/b18-12-;. The average molecular weight is 398 g/mol. The van der Waals surface area contributed by atoms with Crippen LogP contribution < -0.4 is 15.4 Å². The van der Waals surface area contributed by atoms with Gasteiger partial charge in [0.15, 0.2) is 0 Å². The summed E-state index contributed by atoms with van der Waals surface area (Å²) in [5, 5.41) is 6.93. The third kappa shape index (κ3) is 8.39. The minimum absolute atomic E-state index is 0. The maximum Gasteiger partial charge on any atom is 0.123 e. The molecule has 0 amide bonds. The molecule has 0 saturated heterocycles. The summed E-state index contributed by atoms with van der Waals surface area (Å²) in [5.41, 5.74) is 2.16. The number of ether oxygens (including phenoxy) is 1. The summed E-state index contributed by atoms with van der Waals surface area (Å²) in [5.74, 6) is 1.75. The van der Waals surface area contributed by atoms with E-state index in [9.17, 15) is 0 Å². The molecule has 1 rings (SSSR count). The van der Waals surface area contributed by atoms with E-state index < -0.39 is 0 Å². The molecule has 0 radical (unpaired) electrons. The van der Waals surface area contributed by atoms with Gasteiger partial charge in [-0.25, -0.2) is 0 Å². The highest BCUT2D eigenvalue weighted by molar-refractivity contribution is 8.93. The summed E-state index contributed by atoms with van der Waals surface area (Å²) in [6.07, 6.45) is 2.09. The van der Waals surface area contributed by atoms with E-state index in [1.165, 1.54) is 0 Å². The van der Waals surface area contributed by atoms with Crippen molar-refractivity contribution in [3.63, 3.8) is 0 Å². The topological polar surface area (TPSA) is 45.6 Å². The average Bonchev–Trinajstić information content (AvgIpc) is 2.44. The van der Waals surface area contributed by atoms with Gasteiger partial charge in [0, 0.05) is 29.9 Å². The van der Waals surface area contributed by atoms with E-state index in [-0.39, 0.29) is 23.0 Å². The van der Waals surface area contributed by atoms with Crippen LogP contribution in [0.25, 0.3) is 5.70 Å². The maximum absolute atomic E-state index is 5.24. The van der Waals surface area contributed by atoms with Crippen LogP contribution in [0.3, 0.4) is 0 Å². The van der Waals surface area contributed by atoms with Gasteiger partial charge in [0.05, 0.1) is 7.11 Å². The highest BCUT2D eigenvalue weighted by atomic mass is 79.9. The fourth-order valence-corrected chi connectivity index (χ4v) is 2.12. The van der Waals surface area contributed by atoms with Gasteiger partial charge < -0.3 is 15.4 Å². The van der Waals surface area contributed by atoms with Gasteiger partial charge in [-0.1, -0.05) is 0 Å². The molecule has 0 aliphatic rings. The normalized spacial score (nSPS) is 12.4. The fraction of sp³-hybridized carbons (Fsp3) is 0.526. The lowest BCUT2D eigenvalue weighted by Gasteiger charge is -2.18. The van der Waals surface area contributed by atoms with Crippen LogP contribution in [0.5, 0.6) is 5.75 Å². The van der Waals surface area contributed by atoms with Gasteiger partial charge in [-0.05, 0) is 71.4 Å². The van der Waals surface area contributed by atoms with Crippen LogP contribution in [-0.4, -0.2) is 31.1 Å². The first-order valence-electron chi connectivity index (χ1n) is 8.28. The number of amidine groups is 1. The Labute approximate surface area is 157 Å². The van der Waals surface area contributed by atoms with Crippen LogP contribution in [0.4, 0.5) is 0 Å². The molecule has 136 valence electrons. The summed E-state index contributed by atoms with van der Waals surface area (Å²) >= 11 is 0. The van der Waals surface area contributed by atoms with Crippen molar-refractivity contribution in [3.05, 3.63) is 35.9 Å². The minimum Gasteiger partial charge on any atom is -0.497 e. The molecule has 0 unspecified atom stereocenters. The number of hydrogen-bond acceptors (Lipinski definition) is 3. The Hall–Kier alpha value is -1.49. The lowest BCUT2D eigenvalue weighted by molar-refractivity contribution is 0.415. The van der Waals surface area contributed by atoms with E-state index in [1.54, 1.807) is 7.11 Å². The number of hydrogen-bond donors (Lipinski definition) is 2. The van der Waals surface area contributed by atoms with Gasteiger partial charge in [-0.15, -0.1) is 17.0 Å². The molecule has 24 heavy (non-hydrogen) atoms. The number of nitrogens with zero attached hydrogens (tertiary/aromatic N) is 1. The first-order valence-corrected chi connectivity index (χ1v) is 8.28. The predicted molar refractivity (Wildman–Crippen MR) is 110 cm³/mol. The predicted octanol–water partition coefficient (Wildman–Crippen LogP) is 4.42. The first kappa shape index (κ1) is 22.5. The zero-order valence-electron chi connectivity index (χ0n) is 15.9. The summed E-state index contributed by atoms with van der Waals surface area (Å²) in [6.45, 7) is 12.7. The van der Waals surface area contributed by atoms with Crippen molar-refractivity contribution in [2.75, 3.05) is 7.11 Å². The summed E-state index contributed by atoms with van der Waals surface area (Å²) in [4.78, 5) is 4.69. The smallest absolute Gasteiger partial charge is 0.123 e. The fourth-order valence-electron chi connectivity index (χ4n) is 2.12. The van der Waals surface area contributed by atoms with Crippen LogP contribution in [0.15, 0.2) is 35.3 Å². The Morgan fingerprint density at radius 2 is 1.50 bits per heavy atom. The number of nitrogens with one attached hydrogen (secondary N) is 2. The molecule has 1 aromatic carbocycles. The molecule has 4 nitrogen and oxygen atoms in total. The van der Waals surface area contributed by atoms with Crippen molar-refractivity contribution < 1.29 is 4.74 Å². The van der Waals surface area contributed by atoms with Gasteiger partial charge in [0.1, 0.15) is 11.6 Å². The molecule has 0 spiro atoms. The van der Waals surface area contributed by atoms with Gasteiger partial charge in [-0.2, -0.15) is 0 Å². The number of benzene rings is 1. The molecular formula is C19H32BrN3O. The van der Waals surface area contributed by atoms with Crippen LogP contribution >= 0.6 is 17.0 Å². The van der Waals surface area contributed by atoms with Crippen molar-refractivity contribution in [2.45, 2.75) is 59.7 Å². The van der Waals surface area contributed by atoms with Gasteiger partial charge in [0.2, 0.25) is 0 Å². The molecule has 1 aromatic rings. The number of halogens is 1. The van der Waals surface area contributed by atoms with Crippen LogP contribution in [0.2, 0.25) is 0 Å². The molecule has 0 heterocycles. The molecule has 0 aliphatic heterocycles. The Bertz CT molecular complexity index is 534. The number of aliphatic imine (C=N–C) groups is 1. The quantitative estimate of drug-likeness (QED) is 0.528. The SMILES string of the molecule is Br.COc1ccc(/C(=C/C(=NC(C)C)NC(C)C)NC(C)C)cc1. The molecule has 0 atom stereocenters. The molecule has 2 N–H and O–H groups in total. The highest BCUT2D eigenvalue weighted by Crippen LogP contribution is 2.17. The van der Waals surface area contributed by atoms with E-state index in [1.807, 2.05) is 12.1 Å². The second kappa shape index (κ2) is 11.1. The van der Waals surface area contributed by atoms with Crippen molar-refractivity contribution in [1.29, 1.82) is 0 Å². The molecule has 0 bridgehead atoms. The van der Waals surface area contributed by atoms with Crippen molar-refractivity contribution >= 4 is 28.5 Å². The summed E-state index contributed by atoms with van der Waals surface area (Å²) < 4.78 is 5.24. The third-order valence-corrected chi connectivity index (χ3v) is 2.96. The Kier molecular flexibility index (Phi) is 10.4. The second-order valence-electron chi connectivity index (χ2n) is 6.49. The Balaban J connectivity index is 0.00000529. The Morgan fingerprint density at radius 1 is 0.958 bits per heavy atom. The summed E-state index contributed by atoms with van der Waals surface area (Å²) in [7, 11) is 1.68. The second-order valence-corrected chi connectivity index (χ2v) is 6.49. The van der Waals surface area contributed by atoms with E-state index in [0.29, 0.717) is 12.1 Å². The Morgan fingerprint density at radius 3 is 1.92 bits per heavy atom. The highest BCUT2D eigenvalue weighted by Gasteiger charge is 2.07. The van der Waals surface area contributed by atoms with Crippen molar-refractivity contribution in [3.8, 4) is 5.75 Å². The van der Waals surface area contributed by atoms with Gasteiger partial charge in [-0.3, -0.25) is 4.99 Å². The molecule has 0 aliphatic carbocycles. The summed E-state index contributed by atoms with van der Waals surface area (Å²) in [6, 6.07) is 8.97. The molecular weight excluding hydrogens is 366 g/mol. The van der Waals surface area contributed by atoms with Crippen LogP contribution in [0.1, 0.15) is 47.1 Å². The van der Waals surface area contributed by atoms with Crippen LogP contribution in [0, 0.1) is 0 Å². The molecule has 5 heteroatoms. The van der Waals surface area contributed by atoms with Crippen molar-refractivity contribution in [2.24, 2.45) is 4.99 Å². The van der Waals surface area contributed by atoms with E-state index in [2.05, 4.69) is 75.4 Å². The zero-order valence-corrected chi connectivity index (χ0v) is 17.6. The number of rotatable bonds is 7. The third-order valence-electron chi connectivity index (χ3n) is 2.96. The van der Waals surface area contributed by atoms with Crippen LogP contribution in [-0.2, 0) is 0 Å². The lowest BCUT2D eigenvalue weighted by Crippen LogP contribution is -2.31.